The predicted molar refractivity (Wildman–Crippen MR) is 57.5 cm³/mol. The molecule has 1 aromatic rings. The molecule has 0 aliphatic heterocycles. The molecule has 3 N–H and O–H groups in total. The van der Waals surface area contributed by atoms with Crippen LogP contribution in [0.5, 0.6) is 0 Å². The summed E-state index contributed by atoms with van der Waals surface area (Å²) in [4.78, 5) is 0. The number of hydrogen-bond acceptors (Lipinski definition) is 2. The van der Waals surface area contributed by atoms with Gasteiger partial charge in [0.25, 0.3) is 0 Å². The van der Waals surface area contributed by atoms with Crippen molar-refractivity contribution in [2.45, 2.75) is 6.42 Å². The van der Waals surface area contributed by atoms with E-state index >= 15 is 0 Å². The van der Waals surface area contributed by atoms with Crippen LogP contribution in [0.2, 0.25) is 0 Å². The number of rotatable bonds is 4. The second-order valence-corrected chi connectivity index (χ2v) is 3.93. The molecule has 0 radical (unpaired) electrons. The molecule has 0 amide bonds. The van der Waals surface area contributed by atoms with E-state index in [0.717, 1.165) is 10.9 Å². The van der Waals surface area contributed by atoms with Crippen LogP contribution in [0.15, 0.2) is 28.7 Å². The highest BCUT2D eigenvalue weighted by Gasteiger charge is 2.07. The van der Waals surface area contributed by atoms with Crippen LogP contribution in [0.3, 0.4) is 0 Å². The van der Waals surface area contributed by atoms with Crippen LogP contribution in [-0.4, -0.2) is 18.3 Å². The molecule has 0 aromatic heterocycles. The highest BCUT2D eigenvalue weighted by Crippen LogP contribution is 2.18. The van der Waals surface area contributed by atoms with E-state index in [2.05, 4.69) is 15.9 Å². The lowest BCUT2D eigenvalue weighted by atomic mass is 10.0. The molecule has 0 fully saturated rings. The van der Waals surface area contributed by atoms with Gasteiger partial charge in [0.1, 0.15) is 0 Å². The largest absolute Gasteiger partial charge is 0.396 e. The second kappa shape index (κ2) is 5.37. The lowest BCUT2D eigenvalue weighted by molar-refractivity contribution is 0.229. The molecule has 72 valence electrons. The van der Waals surface area contributed by atoms with Crippen molar-refractivity contribution in [2.75, 3.05) is 13.2 Å². The average Bonchev–Trinajstić information content (AvgIpc) is 2.17. The first-order valence-electron chi connectivity index (χ1n) is 4.32. The number of aliphatic hydroxyl groups is 1. The summed E-state index contributed by atoms with van der Waals surface area (Å²) in [6.07, 6.45) is 0.828. The molecule has 2 nitrogen and oxygen atoms in total. The van der Waals surface area contributed by atoms with Crippen molar-refractivity contribution >= 4 is 15.9 Å². The Balaban J connectivity index is 2.67. The molecule has 0 saturated heterocycles. The molecule has 1 atom stereocenters. The van der Waals surface area contributed by atoms with Crippen molar-refractivity contribution in [3.63, 3.8) is 0 Å². The van der Waals surface area contributed by atoms with Gasteiger partial charge in [0, 0.05) is 11.1 Å². The lowest BCUT2D eigenvalue weighted by Gasteiger charge is -2.12. The molecular formula is C10H14BrNO. The number of nitrogens with two attached hydrogens (primary N) is 1. The zero-order valence-corrected chi connectivity index (χ0v) is 9.00. The third-order valence-corrected chi connectivity index (χ3v) is 2.83. The summed E-state index contributed by atoms with van der Waals surface area (Å²) >= 11 is 3.46. The van der Waals surface area contributed by atoms with Crippen molar-refractivity contribution in [3.05, 3.63) is 34.3 Å². The second-order valence-electron chi connectivity index (χ2n) is 3.08. The normalized spacial score (nSPS) is 12.8. The Morgan fingerprint density at radius 2 is 2.08 bits per heavy atom. The SMILES string of the molecule is NC[C@@H](CO)Cc1ccccc1Br. The van der Waals surface area contributed by atoms with E-state index in [9.17, 15) is 0 Å². The van der Waals surface area contributed by atoms with Crippen molar-refractivity contribution in [1.29, 1.82) is 0 Å². The predicted octanol–water partition coefficient (Wildman–Crippen LogP) is 1.56. The number of halogens is 1. The van der Waals surface area contributed by atoms with Gasteiger partial charge in [-0.1, -0.05) is 34.1 Å². The Morgan fingerprint density at radius 1 is 1.38 bits per heavy atom. The Kier molecular flexibility index (Phi) is 4.42. The summed E-state index contributed by atoms with van der Waals surface area (Å²) in [5, 5.41) is 8.98. The van der Waals surface area contributed by atoms with Gasteiger partial charge < -0.3 is 10.8 Å². The Hall–Kier alpha value is -0.380. The topological polar surface area (TPSA) is 46.2 Å². The highest BCUT2D eigenvalue weighted by molar-refractivity contribution is 9.10. The van der Waals surface area contributed by atoms with E-state index in [0.29, 0.717) is 6.54 Å². The molecule has 0 heterocycles. The monoisotopic (exact) mass is 243 g/mol. The van der Waals surface area contributed by atoms with Crippen molar-refractivity contribution in [1.82, 2.24) is 0 Å². The van der Waals surface area contributed by atoms with Crippen LogP contribution in [0.1, 0.15) is 5.56 Å². The van der Waals surface area contributed by atoms with Crippen molar-refractivity contribution in [2.24, 2.45) is 11.7 Å². The molecule has 0 spiro atoms. The Bertz CT molecular complexity index is 261. The molecular weight excluding hydrogens is 230 g/mol. The van der Waals surface area contributed by atoms with Crippen LogP contribution >= 0.6 is 15.9 Å². The first-order valence-corrected chi connectivity index (χ1v) is 5.11. The molecule has 0 saturated carbocycles. The quantitative estimate of drug-likeness (QED) is 0.844. The molecule has 0 aliphatic carbocycles. The van der Waals surface area contributed by atoms with E-state index in [4.69, 9.17) is 10.8 Å². The van der Waals surface area contributed by atoms with E-state index in [1.807, 2.05) is 24.3 Å². The van der Waals surface area contributed by atoms with Crippen molar-refractivity contribution in [3.8, 4) is 0 Å². The van der Waals surface area contributed by atoms with Gasteiger partial charge in [-0.05, 0) is 30.5 Å². The van der Waals surface area contributed by atoms with E-state index in [1.165, 1.54) is 5.56 Å². The summed E-state index contributed by atoms with van der Waals surface area (Å²) in [7, 11) is 0. The molecule has 1 aromatic carbocycles. The van der Waals surface area contributed by atoms with Gasteiger partial charge in [-0.25, -0.2) is 0 Å². The zero-order chi connectivity index (χ0) is 9.68. The maximum atomic E-state index is 8.98. The van der Waals surface area contributed by atoms with E-state index in [1.54, 1.807) is 0 Å². The van der Waals surface area contributed by atoms with Gasteiger partial charge in [0.2, 0.25) is 0 Å². The van der Waals surface area contributed by atoms with Gasteiger partial charge in [-0.2, -0.15) is 0 Å². The third kappa shape index (κ3) is 3.10. The molecule has 1 rings (SSSR count). The number of aliphatic hydroxyl groups excluding tert-OH is 1. The van der Waals surface area contributed by atoms with Crippen LogP contribution in [0, 0.1) is 5.92 Å². The minimum atomic E-state index is 0.151. The summed E-state index contributed by atoms with van der Waals surface area (Å²) in [6.45, 7) is 0.676. The average molecular weight is 244 g/mol. The number of hydrogen-bond donors (Lipinski definition) is 2. The zero-order valence-electron chi connectivity index (χ0n) is 7.41. The first kappa shape index (κ1) is 10.7. The summed E-state index contributed by atoms with van der Waals surface area (Å²) in [6, 6.07) is 8.01. The maximum Gasteiger partial charge on any atom is 0.0474 e. The fourth-order valence-corrected chi connectivity index (χ4v) is 1.64. The summed E-state index contributed by atoms with van der Waals surface area (Å²) < 4.78 is 1.09. The molecule has 0 aliphatic rings. The van der Waals surface area contributed by atoms with Crippen LogP contribution in [0.25, 0.3) is 0 Å². The van der Waals surface area contributed by atoms with Crippen LogP contribution in [0.4, 0.5) is 0 Å². The molecule has 3 heteroatoms. The van der Waals surface area contributed by atoms with Crippen LogP contribution < -0.4 is 5.73 Å². The fourth-order valence-electron chi connectivity index (χ4n) is 1.20. The van der Waals surface area contributed by atoms with Gasteiger partial charge in [0.05, 0.1) is 0 Å². The van der Waals surface area contributed by atoms with Gasteiger partial charge in [0.15, 0.2) is 0 Å². The van der Waals surface area contributed by atoms with Gasteiger partial charge in [-0.3, -0.25) is 0 Å². The van der Waals surface area contributed by atoms with E-state index < -0.39 is 0 Å². The van der Waals surface area contributed by atoms with Gasteiger partial charge >= 0.3 is 0 Å². The van der Waals surface area contributed by atoms with Crippen molar-refractivity contribution < 1.29 is 5.11 Å². The van der Waals surface area contributed by atoms with E-state index in [-0.39, 0.29) is 12.5 Å². The standard InChI is InChI=1S/C10H14BrNO/c11-10-4-2-1-3-9(10)5-8(6-12)7-13/h1-4,8,13H,5-7,12H2/t8-/m0/s1. The molecule has 0 unspecified atom stereocenters. The minimum Gasteiger partial charge on any atom is -0.396 e. The molecule has 13 heavy (non-hydrogen) atoms. The Morgan fingerprint density at radius 3 is 2.62 bits per heavy atom. The minimum absolute atomic E-state index is 0.151. The smallest absolute Gasteiger partial charge is 0.0474 e. The highest BCUT2D eigenvalue weighted by atomic mass is 79.9. The Labute approximate surface area is 86.9 Å². The maximum absolute atomic E-state index is 8.98. The third-order valence-electron chi connectivity index (χ3n) is 2.06. The van der Waals surface area contributed by atoms with Crippen LogP contribution in [-0.2, 0) is 6.42 Å². The molecule has 0 bridgehead atoms. The summed E-state index contributed by atoms with van der Waals surface area (Å²) in [5.41, 5.74) is 6.71. The van der Waals surface area contributed by atoms with Gasteiger partial charge in [-0.15, -0.1) is 0 Å². The number of benzene rings is 1. The lowest BCUT2D eigenvalue weighted by Crippen LogP contribution is -2.20. The fraction of sp³-hybridized carbons (Fsp3) is 0.400. The first-order chi connectivity index (χ1) is 6.27. The summed E-state index contributed by atoms with van der Waals surface area (Å²) in [5.74, 6) is 0.165.